The summed E-state index contributed by atoms with van der Waals surface area (Å²) < 4.78 is 1.12. The van der Waals surface area contributed by atoms with Gasteiger partial charge in [0.05, 0.1) is 0 Å². The maximum atomic E-state index is 9.44. The molecular weight excluding hydrogens is 254 g/mol. The molecule has 1 aromatic heterocycles. The fraction of sp³-hybridized carbons (Fsp3) is 0.333. The third kappa shape index (κ3) is 1.37. The number of rotatable bonds is 1. The van der Waals surface area contributed by atoms with Gasteiger partial charge in [-0.2, -0.15) is 0 Å². The molecule has 3 heteroatoms. The smallest absolute Gasteiger partial charge is 0.116 e. The Morgan fingerprint density at radius 3 is 2.80 bits per heavy atom. The van der Waals surface area contributed by atoms with Crippen LogP contribution in [0, 0.1) is 0 Å². The number of halogens is 1. The van der Waals surface area contributed by atoms with Gasteiger partial charge >= 0.3 is 0 Å². The van der Waals surface area contributed by atoms with Gasteiger partial charge in [0, 0.05) is 27.0 Å². The van der Waals surface area contributed by atoms with Gasteiger partial charge in [-0.05, 0) is 47.0 Å². The Balaban J connectivity index is 2.19. The number of aromatic hydroxyl groups is 1. The Hall–Kier alpha value is -0.960. The summed E-state index contributed by atoms with van der Waals surface area (Å²) in [6, 6.07) is 5.45. The predicted molar refractivity (Wildman–Crippen MR) is 64.3 cm³/mol. The van der Waals surface area contributed by atoms with Gasteiger partial charge in [-0.15, -0.1) is 0 Å². The maximum Gasteiger partial charge on any atom is 0.116 e. The van der Waals surface area contributed by atoms with Crippen LogP contribution in [0.1, 0.15) is 30.9 Å². The van der Waals surface area contributed by atoms with E-state index in [9.17, 15) is 5.11 Å². The van der Waals surface area contributed by atoms with Crippen LogP contribution in [0.25, 0.3) is 10.9 Å². The molecule has 78 valence electrons. The third-order valence-electron chi connectivity index (χ3n) is 3.26. The van der Waals surface area contributed by atoms with Gasteiger partial charge in [0.2, 0.25) is 0 Å². The van der Waals surface area contributed by atoms with E-state index in [4.69, 9.17) is 0 Å². The number of hydrogen-bond donors (Lipinski definition) is 2. The first-order valence-corrected chi connectivity index (χ1v) is 6.05. The van der Waals surface area contributed by atoms with Gasteiger partial charge in [-0.25, -0.2) is 0 Å². The highest BCUT2D eigenvalue weighted by Gasteiger charge is 2.24. The molecule has 0 radical (unpaired) electrons. The van der Waals surface area contributed by atoms with E-state index in [2.05, 4.69) is 20.9 Å². The quantitative estimate of drug-likeness (QED) is 0.806. The Morgan fingerprint density at radius 2 is 2.13 bits per heavy atom. The lowest BCUT2D eigenvalue weighted by Gasteiger charge is -2.24. The van der Waals surface area contributed by atoms with E-state index in [0.29, 0.717) is 11.7 Å². The molecule has 2 nitrogen and oxygen atoms in total. The normalized spacial score (nSPS) is 16.9. The molecule has 0 spiro atoms. The number of fused-ring (bicyclic) bond motifs is 1. The molecule has 0 atom stereocenters. The van der Waals surface area contributed by atoms with E-state index < -0.39 is 0 Å². The number of benzene rings is 1. The first-order chi connectivity index (χ1) is 7.25. The summed E-state index contributed by atoms with van der Waals surface area (Å²) in [5.74, 6) is 0.997. The summed E-state index contributed by atoms with van der Waals surface area (Å²) in [7, 11) is 0. The molecule has 2 aromatic rings. The van der Waals surface area contributed by atoms with Gasteiger partial charge < -0.3 is 10.1 Å². The number of hydrogen-bond acceptors (Lipinski definition) is 1. The van der Waals surface area contributed by atoms with Crippen molar-refractivity contribution in [2.24, 2.45) is 0 Å². The minimum Gasteiger partial charge on any atom is -0.508 e. The van der Waals surface area contributed by atoms with E-state index in [1.54, 1.807) is 12.1 Å². The molecule has 1 heterocycles. The number of phenols is 1. The summed E-state index contributed by atoms with van der Waals surface area (Å²) >= 11 is 3.62. The van der Waals surface area contributed by atoms with Crippen LogP contribution in [0.3, 0.4) is 0 Å². The van der Waals surface area contributed by atoms with Gasteiger partial charge in [-0.3, -0.25) is 0 Å². The molecule has 1 fully saturated rings. The zero-order valence-corrected chi connectivity index (χ0v) is 9.84. The lowest BCUT2D eigenvalue weighted by Crippen LogP contribution is -2.09. The molecule has 15 heavy (non-hydrogen) atoms. The summed E-state index contributed by atoms with van der Waals surface area (Å²) in [5.41, 5.74) is 2.39. The third-order valence-corrected chi connectivity index (χ3v) is 4.11. The second kappa shape index (κ2) is 3.27. The highest BCUT2D eigenvalue weighted by molar-refractivity contribution is 9.10. The molecule has 0 bridgehead atoms. The zero-order chi connectivity index (χ0) is 10.4. The summed E-state index contributed by atoms with van der Waals surface area (Å²) in [5, 5.41) is 10.5. The lowest BCUT2D eigenvalue weighted by atomic mass is 9.83. The molecule has 3 rings (SSSR count). The topological polar surface area (TPSA) is 36.0 Å². The van der Waals surface area contributed by atoms with Crippen molar-refractivity contribution in [3.63, 3.8) is 0 Å². The standard InChI is InChI=1S/C12H12BrNO/c13-11-9-6-8(15)4-5-10(9)14-12(11)7-2-1-3-7/h4-7,14-15H,1-3H2. The van der Waals surface area contributed by atoms with Crippen LogP contribution < -0.4 is 0 Å². The van der Waals surface area contributed by atoms with Gasteiger partial charge in [0.15, 0.2) is 0 Å². The van der Waals surface area contributed by atoms with E-state index >= 15 is 0 Å². The SMILES string of the molecule is Oc1ccc2[nH]c(C3CCC3)c(Br)c2c1. The Labute approximate surface area is 96.4 Å². The summed E-state index contributed by atoms with van der Waals surface area (Å²) in [4.78, 5) is 3.44. The Kier molecular flexibility index (Phi) is 2.02. The minimum atomic E-state index is 0.322. The van der Waals surface area contributed by atoms with Crippen LogP contribution in [0.5, 0.6) is 5.75 Å². The minimum absolute atomic E-state index is 0.322. The molecule has 1 aliphatic carbocycles. The van der Waals surface area contributed by atoms with Crippen molar-refractivity contribution in [1.82, 2.24) is 4.98 Å². The number of aromatic nitrogens is 1. The summed E-state index contributed by atoms with van der Waals surface area (Å²) in [6.45, 7) is 0. The average molecular weight is 266 g/mol. The van der Waals surface area contributed by atoms with Crippen molar-refractivity contribution in [2.45, 2.75) is 25.2 Å². The van der Waals surface area contributed by atoms with Crippen molar-refractivity contribution < 1.29 is 5.11 Å². The first kappa shape index (κ1) is 9.28. The molecular formula is C12H12BrNO. The molecule has 0 aliphatic heterocycles. The molecule has 0 unspecified atom stereocenters. The number of nitrogens with one attached hydrogen (secondary N) is 1. The van der Waals surface area contributed by atoms with Gasteiger partial charge in [0.1, 0.15) is 5.75 Å². The van der Waals surface area contributed by atoms with Crippen LogP contribution in [-0.2, 0) is 0 Å². The fourth-order valence-corrected chi connectivity index (χ4v) is 2.90. The predicted octanol–water partition coefficient (Wildman–Crippen LogP) is 3.90. The largest absolute Gasteiger partial charge is 0.508 e. The van der Waals surface area contributed by atoms with Crippen molar-refractivity contribution in [3.8, 4) is 5.75 Å². The van der Waals surface area contributed by atoms with E-state index in [-0.39, 0.29) is 0 Å². The first-order valence-electron chi connectivity index (χ1n) is 5.26. The molecule has 1 aromatic carbocycles. The van der Waals surface area contributed by atoms with Gasteiger partial charge in [0.25, 0.3) is 0 Å². The zero-order valence-electron chi connectivity index (χ0n) is 8.26. The van der Waals surface area contributed by atoms with Crippen LogP contribution >= 0.6 is 15.9 Å². The molecule has 0 saturated heterocycles. The number of H-pyrrole nitrogens is 1. The van der Waals surface area contributed by atoms with Crippen LogP contribution in [0.4, 0.5) is 0 Å². The van der Waals surface area contributed by atoms with Crippen LogP contribution in [-0.4, -0.2) is 10.1 Å². The highest BCUT2D eigenvalue weighted by Crippen LogP contribution is 2.42. The molecule has 0 amide bonds. The number of aromatic amines is 1. The van der Waals surface area contributed by atoms with Crippen molar-refractivity contribution in [2.75, 3.05) is 0 Å². The fourth-order valence-electron chi connectivity index (χ4n) is 2.15. The number of phenolic OH excluding ortho intramolecular Hbond substituents is 1. The molecule has 1 saturated carbocycles. The lowest BCUT2D eigenvalue weighted by molar-refractivity contribution is 0.412. The van der Waals surface area contributed by atoms with E-state index in [1.807, 2.05) is 6.07 Å². The maximum absolute atomic E-state index is 9.44. The molecule has 1 aliphatic rings. The Morgan fingerprint density at radius 1 is 1.33 bits per heavy atom. The highest BCUT2D eigenvalue weighted by atomic mass is 79.9. The van der Waals surface area contributed by atoms with Crippen molar-refractivity contribution in [1.29, 1.82) is 0 Å². The molecule has 2 N–H and O–H groups in total. The van der Waals surface area contributed by atoms with Crippen LogP contribution in [0.2, 0.25) is 0 Å². The second-order valence-corrected chi connectivity index (χ2v) is 5.00. The van der Waals surface area contributed by atoms with Crippen molar-refractivity contribution >= 4 is 26.8 Å². The summed E-state index contributed by atoms with van der Waals surface area (Å²) in [6.07, 6.45) is 3.88. The van der Waals surface area contributed by atoms with Crippen LogP contribution in [0.15, 0.2) is 22.7 Å². The average Bonchev–Trinajstić information content (AvgIpc) is 2.43. The van der Waals surface area contributed by atoms with E-state index in [1.165, 1.54) is 25.0 Å². The van der Waals surface area contributed by atoms with Gasteiger partial charge in [-0.1, -0.05) is 6.42 Å². The van der Waals surface area contributed by atoms with E-state index in [0.717, 1.165) is 15.4 Å². The van der Waals surface area contributed by atoms with Crippen molar-refractivity contribution in [3.05, 3.63) is 28.4 Å². The monoisotopic (exact) mass is 265 g/mol. The Bertz CT molecular complexity index is 514. The second-order valence-electron chi connectivity index (χ2n) is 4.21.